The molecule has 1 fully saturated rings. The Morgan fingerprint density at radius 2 is 1.90 bits per heavy atom. The van der Waals surface area contributed by atoms with E-state index in [9.17, 15) is 14.9 Å². The van der Waals surface area contributed by atoms with Crippen molar-refractivity contribution in [2.45, 2.75) is 18.5 Å². The predicted octanol–water partition coefficient (Wildman–Crippen LogP) is 3.33. The summed E-state index contributed by atoms with van der Waals surface area (Å²) in [6.45, 7) is 5.49. The maximum absolute atomic E-state index is 12.7. The topological polar surface area (TPSA) is 95.7 Å². The summed E-state index contributed by atoms with van der Waals surface area (Å²) in [7, 11) is 1.95. The summed E-state index contributed by atoms with van der Waals surface area (Å²) in [6, 6.07) is 8.21. The van der Waals surface area contributed by atoms with Crippen molar-refractivity contribution in [1.29, 1.82) is 0 Å². The second-order valence-electron chi connectivity index (χ2n) is 7.18. The molecule has 1 aromatic carbocycles. The molecule has 9 nitrogen and oxygen atoms in total. The van der Waals surface area contributed by atoms with Crippen LogP contribution in [0.15, 0.2) is 35.5 Å². The lowest BCUT2D eigenvalue weighted by Gasteiger charge is -2.36. The minimum absolute atomic E-state index is 0.0281. The number of nitro benzene ring substituents is 1. The first-order valence-corrected chi connectivity index (χ1v) is 11.4. The van der Waals surface area contributed by atoms with Crippen LogP contribution in [0.4, 0.5) is 17.2 Å². The van der Waals surface area contributed by atoms with E-state index in [-0.39, 0.29) is 17.3 Å². The van der Waals surface area contributed by atoms with Crippen LogP contribution in [0.2, 0.25) is 5.15 Å². The summed E-state index contributed by atoms with van der Waals surface area (Å²) in [4.78, 5) is 37.7. The summed E-state index contributed by atoms with van der Waals surface area (Å²) < 4.78 is 0. The molecule has 2 aromatic rings. The molecule has 166 valence electrons. The zero-order valence-electron chi connectivity index (χ0n) is 17.5. The van der Waals surface area contributed by atoms with E-state index in [0.29, 0.717) is 36.5 Å². The molecule has 11 heteroatoms. The maximum atomic E-state index is 12.7. The van der Waals surface area contributed by atoms with Crippen molar-refractivity contribution in [1.82, 2.24) is 14.9 Å². The van der Waals surface area contributed by atoms with E-state index < -0.39 is 4.92 Å². The van der Waals surface area contributed by atoms with Gasteiger partial charge >= 0.3 is 0 Å². The van der Waals surface area contributed by atoms with Crippen LogP contribution in [0.5, 0.6) is 0 Å². The number of benzene rings is 1. The number of nitrogens with zero attached hydrogens (tertiary/aromatic N) is 6. The monoisotopic (exact) mass is 464 g/mol. The van der Waals surface area contributed by atoms with E-state index in [2.05, 4.69) is 21.8 Å². The zero-order valence-corrected chi connectivity index (χ0v) is 19.1. The number of hydrogen-bond acceptors (Lipinski definition) is 8. The van der Waals surface area contributed by atoms with Gasteiger partial charge in [0.15, 0.2) is 5.16 Å². The highest BCUT2D eigenvalue weighted by Gasteiger charge is 2.22. The van der Waals surface area contributed by atoms with Crippen LogP contribution in [0.25, 0.3) is 0 Å². The van der Waals surface area contributed by atoms with Crippen LogP contribution in [-0.2, 0) is 4.79 Å². The van der Waals surface area contributed by atoms with Gasteiger partial charge in [-0.3, -0.25) is 14.9 Å². The largest absolute Gasteiger partial charge is 0.368 e. The molecule has 1 aliphatic heterocycles. The highest BCUT2D eigenvalue weighted by molar-refractivity contribution is 7.99. The van der Waals surface area contributed by atoms with Gasteiger partial charge in [0.1, 0.15) is 11.0 Å². The average Bonchev–Trinajstić information content (AvgIpc) is 2.77. The number of amides is 1. The second kappa shape index (κ2) is 10.6. The first-order chi connectivity index (χ1) is 14.9. The van der Waals surface area contributed by atoms with Gasteiger partial charge < -0.3 is 14.7 Å². The molecule has 0 atom stereocenters. The van der Waals surface area contributed by atoms with Crippen molar-refractivity contribution in [2.24, 2.45) is 0 Å². The van der Waals surface area contributed by atoms with E-state index in [1.807, 2.05) is 16.8 Å². The lowest BCUT2D eigenvalue weighted by Crippen LogP contribution is -2.49. The number of non-ortho nitro benzene ring substituents is 1. The Kier molecular flexibility index (Phi) is 7.91. The summed E-state index contributed by atoms with van der Waals surface area (Å²) in [5.74, 6) is 1.02. The van der Waals surface area contributed by atoms with Crippen LogP contribution in [0.3, 0.4) is 0 Å². The van der Waals surface area contributed by atoms with Gasteiger partial charge in [-0.05, 0) is 18.6 Å². The Balaban J connectivity index is 1.52. The van der Waals surface area contributed by atoms with Gasteiger partial charge in [-0.1, -0.05) is 30.3 Å². The van der Waals surface area contributed by atoms with Gasteiger partial charge in [0, 0.05) is 63.7 Å². The highest BCUT2D eigenvalue weighted by Crippen LogP contribution is 2.23. The third-order valence-electron chi connectivity index (χ3n) is 4.99. The molecule has 1 saturated heterocycles. The van der Waals surface area contributed by atoms with Gasteiger partial charge in [0.25, 0.3) is 5.69 Å². The molecule has 3 rings (SSSR count). The van der Waals surface area contributed by atoms with E-state index in [1.165, 1.54) is 23.9 Å². The van der Waals surface area contributed by atoms with Crippen LogP contribution >= 0.6 is 23.4 Å². The quantitative estimate of drug-likeness (QED) is 0.193. The van der Waals surface area contributed by atoms with E-state index >= 15 is 0 Å². The third kappa shape index (κ3) is 6.20. The minimum atomic E-state index is -0.410. The number of rotatable bonds is 8. The fourth-order valence-electron chi connectivity index (χ4n) is 3.31. The van der Waals surface area contributed by atoms with Crippen molar-refractivity contribution < 1.29 is 9.72 Å². The maximum Gasteiger partial charge on any atom is 0.269 e. The fourth-order valence-corrected chi connectivity index (χ4v) is 4.30. The first kappa shape index (κ1) is 23.1. The van der Waals surface area contributed by atoms with Crippen molar-refractivity contribution in [3.63, 3.8) is 0 Å². The normalized spacial score (nSPS) is 13.9. The molecule has 0 unspecified atom stereocenters. The zero-order chi connectivity index (χ0) is 22.4. The van der Waals surface area contributed by atoms with E-state index in [0.717, 1.165) is 24.5 Å². The van der Waals surface area contributed by atoms with Crippen molar-refractivity contribution in [3.05, 3.63) is 45.6 Å². The predicted molar refractivity (Wildman–Crippen MR) is 123 cm³/mol. The number of hydrogen-bond donors (Lipinski definition) is 0. The van der Waals surface area contributed by atoms with E-state index in [4.69, 9.17) is 11.6 Å². The Morgan fingerprint density at radius 1 is 1.23 bits per heavy atom. The number of anilines is 2. The lowest BCUT2D eigenvalue weighted by molar-refractivity contribution is -0.384. The molecule has 0 aliphatic carbocycles. The first-order valence-electron chi connectivity index (χ1n) is 10.0. The molecule has 1 aliphatic rings. The number of thioether (sulfide) groups is 1. The Morgan fingerprint density at radius 3 is 2.52 bits per heavy atom. The van der Waals surface area contributed by atoms with Crippen molar-refractivity contribution in [3.8, 4) is 0 Å². The van der Waals surface area contributed by atoms with Crippen LogP contribution in [0.1, 0.15) is 13.3 Å². The molecule has 2 heterocycles. The molecule has 0 spiro atoms. The Labute approximate surface area is 190 Å². The van der Waals surface area contributed by atoms with Gasteiger partial charge in [0.05, 0.1) is 10.7 Å². The molecule has 0 bridgehead atoms. The second-order valence-corrected chi connectivity index (χ2v) is 8.51. The number of nitro groups is 1. The van der Waals surface area contributed by atoms with Crippen molar-refractivity contribution in [2.75, 3.05) is 55.3 Å². The Bertz CT molecular complexity index is 922. The van der Waals surface area contributed by atoms with Gasteiger partial charge in [-0.15, -0.1) is 0 Å². The molecular formula is C20H25ClN6O3S. The van der Waals surface area contributed by atoms with E-state index in [1.54, 1.807) is 18.2 Å². The number of carbonyl (C=O) groups excluding carboxylic acids is 1. The summed E-state index contributed by atoms with van der Waals surface area (Å²) in [5.41, 5.74) is 0.991. The highest BCUT2D eigenvalue weighted by atomic mass is 35.5. The standard InChI is InChI=1S/C20H25ClN6O3S/c1-3-8-24(2)18-13-17(21)22-20(23-18)31-14-19(28)26-11-9-25(10-12-26)15-4-6-16(7-5-15)27(29)30/h4-7,13H,3,8-12,14H2,1-2H3. The SMILES string of the molecule is CCCN(C)c1cc(Cl)nc(SCC(=O)N2CCN(c3ccc([N+](=O)[O-])cc3)CC2)n1. The average molecular weight is 465 g/mol. The van der Waals surface area contributed by atoms with Crippen LogP contribution < -0.4 is 9.80 Å². The summed E-state index contributed by atoms with van der Waals surface area (Å²) in [6.07, 6.45) is 0.991. The van der Waals surface area contributed by atoms with Gasteiger partial charge in [-0.2, -0.15) is 0 Å². The van der Waals surface area contributed by atoms with Crippen LogP contribution in [0, 0.1) is 10.1 Å². The molecule has 0 N–H and O–H groups in total. The van der Waals surface area contributed by atoms with Gasteiger partial charge in [0.2, 0.25) is 5.91 Å². The number of aromatic nitrogens is 2. The van der Waals surface area contributed by atoms with Crippen LogP contribution in [-0.4, -0.2) is 71.2 Å². The molecular weight excluding hydrogens is 440 g/mol. The van der Waals surface area contributed by atoms with Gasteiger partial charge in [-0.25, -0.2) is 9.97 Å². The summed E-state index contributed by atoms with van der Waals surface area (Å²) in [5, 5.41) is 11.6. The molecule has 1 aromatic heterocycles. The minimum Gasteiger partial charge on any atom is -0.368 e. The lowest BCUT2D eigenvalue weighted by atomic mass is 10.2. The number of halogens is 1. The number of piperazine rings is 1. The molecule has 31 heavy (non-hydrogen) atoms. The smallest absolute Gasteiger partial charge is 0.269 e. The Hall–Kier alpha value is -2.59. The summed E-state index contributed by atoms with van der Waals surface area (Å²) >= 11 is 7.42. The molecule has 1 amide bonds. The van der Waals surface area contributed by atoms with Crippen molar-refractivity contribution >= 4 is 46.5 Å². The molecule has 0 saturated carbocycles. The molecule has 0 radical (unpaired) electrons. The third-order valence-corrected chi connectivity index (χ3v) is 6.02. The number of carbonyl (C=O) groups is 1. The fraction of sp³-hybridized carbons (Fsp3) is 0.450.